The summed E-state index contributed by atoms with van der Waals surface area (Å²) in [4.78, 5) is 0. The van der Waals surface area contributed by atoms with Crippen molar-refractivity contribution < 1.29 is 4.74 Å². The molecule has 0 saturated heterocycles. The zero-order valence-corrected chi connectivity index (χ0v) is 13.7. The molecule has 2 aromatic rings. The number of hydrogen-bond donors (Lipinski definition) is 1. The molecule has 122 valence electrons. The van der Waals surface area contributed by atoms with Crippen molar-refractivity contribution in [2.24, 2.45) is 0 Å². The molecule has 0 amide bonds. The van der Waals surface area contributed by atoms with Crippen LogP contribution >= 0.6 is 0 Å². The Hall–Kier alpha value is -2.82. The van der Waals surface area contributed by atoms with E-state index in [2.05, 4.69) is 23.5 Å². The van der Waals surface area contributed by atoms with Gasteiger partial charge in [-0.25, -0.2) is 0 Å². The van der Waals surface area contributed by atoms with Gasteiger partial charge in [0.25, 0.3) is 0 Å². The van der Waals surface area contributed by atoms with Gasteiger partial charge in [-0.2, -0.15) is 10.5 Å². The maximum Gasteiger partial charge on any atom is 0.120 e. The lowest BCUT2D eigenvalue weighted by atomic mass is 10.1. The fourth-order valence-corrected chi connectivity index (χ4v) is 2.33. The third-order valence-electron chi connectivity index (χ3n) is 3.58. The Morgan fingerprint density at radius 2 is 1.79 bits per heavy atom. The van der Waals surface area contributed by atoms with Gasteiger partial charge < -0.3 is 10.1 Å². The molecule has 24 heavy (non-hydrogen) atoms. The van der Waals surface area contributed by atoms with Crippen LogP contribution in [-0.4, -0.2) is 6.54 Å². The summed E-state index contributed by atoms with van der Waals surface area (Å²) in [6, 6.07) is 19.7. The lowest BCUT2D eigenvalue weighted by molar-refractivity contribution is 0.306. The molecule has 0 bridgehead atoms. The zero-order chi connectivity index (χ0) is 17.0. The minimum absolute atomic E-state index is 0.445. The molecule has 0 saturated carbocycles. The maximum atomic E-state index is 8.92. The summed E-state index contributed by atoms with van der Waals surface area (Å²) < 4.78 is 5.82. The highest BCUT2D eigenvalue weighted by Gasteiger charge is 2.00. The minimum Gasteiger partial charge on any atom is -0.489 e. The highest BCUT2D eigenvalue weighted by molar-refractivity contribution is 5.33. The number of rotatable bonds is 9. The maximum absolute atomic E-state index is 8.92. The van der Waals surface area contributed by atoms with Crippen LogP contribution in [0.4, 0.5) is 0 Å². The molecule has 1 N–H and O–H groups in total. The van der Waals surface area contributed by atoms with Crippen molar-refractivity contribution in [3.8, 4) is 17.9 Å². The molecule has 0 heterocycles. The van der Waals surface area contributed by atoms with Crippen LogP contribution in [0.15, 0.2) is 48.5 Å². The summed E-state index contributed by atoms with van der Waals surface area (Å²) in [5.41, 5.74) is 2.79. The van der Waals surface area contributed by atoms with Crippen LogP contribution in [0.2, 0.25) is 0 Å². The fourth-order valence-electron chi connectivity index (χ4n) is 2.33. The van der Waals surface area contributed by atoms with Crippen LogP contribution < -0.4 is 10.1 Å². The van der Waals surface area contributed by atoms with E-state index in [1.54, 1.807) is 6.07 Å². The smallest absolute Gasteiger partial charge is 0.120 e. The first-order valence-electron chi connectivity index (χ1n) is 8.10. The van der Waals surface area contributed by atoms with Crippen LogP contribution in [0, 0.1) is 22.7 Å². The molecule has 0 radical (unpaired) electrons. The Bertz CT molecular complexity index is 728. The fraction of sp³-hybridized carbons (Fsp3) is 0.300. The van der Waals surface area contributed by atoms with Crippen LogP contribution in [0.5, 0.6) is 5.75 Å². The first-order valence-corrected chi connectivity index (χ1v) is 8.10. The molecule has 0 aliphatic heterocycles. The van der Waals surface area contributed by atoms with Crippen LogP contribution in [-0.2, 0) is 13.2 Å². The summed E-state index contributed by atoms with van der Waals surface area (Å²) in [5, 5.41) is 20.8. The predicted molar refractivity (Wildman–Crippen MR) is 93.1 cm³/mol. The van der Waals surface area contributed by atoms with E-state index in [1.807, 2.05) is 36.4 Å². The van der Waals surface area contributed by atoms with Crippen LogP contribution in [0.1, 0.15) is 36.0 Å². The topological polar surface area (TPSA) is 68.8 Å². The van der Waals surface area contributed by atoms with Gasteiger partial charge in [0.15, 0.2) is 0 Å². The van der Waals surface area contributed by atoms with E-state index in [1.165, 1.54) is 5.56 Å². The van der Waals surface area contributed by atoms with E-state index < -0.39 is 0 Å². The summed E-state index contributed by atoms with van der Waals surface area (Å²) in [6.07, 6.45) is 2.57. The van der Waals surface area contributed by atoms with Gasteiger partial charge in [-0.15, -0.1) is 0 Å². The third kappa shape index (κ3) is 6.12. The monoisotopic (exact) mass is 319 g/mol. The summed E-state index contributed by atoms with van der Waals surface area (Å²) in [6.45, 7) is 2.14. The molecule has 2 aromatic carbocycles. The van der Waals surface area contributed by atoms with E-state index in [-0.39, 0.29) is 0 Å². The van der Waals surface area contributed by atoms with E-state index >= 15 is 0 Å². The number of nitrogens with zero attached hydrogens (tertiary/aromatic N) is 2. The van der Waals surface area contributed by atoms with Gasteiger partial charge in [-0.1, -0.05) is 24.3 Å². The van der Waals surface area contributed by atoms with Gasteiger partial charge in [-0.05, 0) is 54.8 Å². The molecule has 0 aliphatic rings. The van der Waals surface area contributed by atoms with Crippen LogP contribution in [0.25, 0.3) is 0 Å². The molecule has 0 unspecified atom stereocenters. The minimum atomic E-state index is 0.445. The van der Waals surface area contributed by atoms with Gasteiger partial charge in [0, 0.05) is 13.0 Å². The first kappa shape index (κ1) is 17.5. The SMILES string of the molecule is N#CCCCCNCc1cccc(OCc2cccc(C#N)c2)c1. The standard InChI is InChI=1S/C20H21N3O/c21-10-2-1-3-11-23-15-18-7-5-9-20(13-18)24-16-19-8-4-6-17(12-19)14-22/h4-9,12-13,23H,1-3,11,15-16H2. The van der Waals surface area contributed by atoms with E-state index in [0.717, 1.165) is 37.2 Å². The van der Waals surface area contributed by atoms with E-state index in [9.17, 15) is 0 Å². The van der Waals surface area contributed by atoms with Gasteiger partial charge >= 0.3 is 0 Å². The second-order valence-corrected chi connectivity index (χ2v) is 5.54. The van der Waals surface area contributed by atoms with Crippen molar-refractivity contribution in [3.05, 3.63) is 65.2 Å². The summed E-state index contributed by atoms with van der Waals surface area (Å²) in [7, 11) is 0. The van der Waals surface area contributed by atoms with E-state index in [4.69, 9.17) is 15.3 Å². The predicted octanol–water partition coefficient (Wildman–Crippen LogP) is 3.92. The Labute approximate surface area is 143 Å². The van der Waals surface area contributed by atoms with Crippen LogP contribution in [0.3, 0.4) is 0 Å². The number of ether oxygens (including phenoxy) is 1. The number of unbranched alkanes of at least 4 members (excludes halogenated alkanes) is 2. The van der Waals surface area contributed by atoms with Gasteiger partial charge in [-0.3, -0.25) is 0 Å². The van der Waals surface area contributed by atoms with Crippen molar-refractivity contribution in [2.75, 3.05) is 6.54 Å². The molecule has 4 nitrogen and oxygen atoms in total. The van der Waals surface area contributed by atoms with Crippen molar-refractivity contribution in [1.82, 2.24) is 5.32 Å². The average Bonchev–Trinajstić information content (AvgIpc) is 2.63. The molecule has 2 rings (SSSR count). The van der Waals surface area contributed by atoms with E-state index in [0.29, 0.717) is 18.6 Å². The quantitative estimate of drug-likeness (QED) is 0.711. The summed E-state index contributed by atoms with van der Waals surface area (Å²) in [5.74, 6) is 0.821. The molecule has 0 atom stereocenters. The first-order chi connectivity index (χ1) is 11.8. The Balaban J connectivity index is 1.80. The number of nitrogens with one attached hydrogen (secondary N) is 1. The number of benzene rings is 2. The van der Waals surface area contributed by atoms with Crippen molar-refractivity contribution in [1.29, 1.82) is 10.5 Å². The molecule has 0 aliphatic carbocycles. The number of hydrogen-bond acceptors (Lipinski definition) is 4. The molecule has 0 aromatic heterocycles. The second-order valence-electron chi connectivity index (χ2n) is 5.54. The van der Waals surface area contributed by atoms with Crippen molar-refractivity contribution in [2.45, 2.75) is 32.4 Å². The number of nitriles is 2. The lowest BCUT2D eigenvalue weighted by Crippen LogP contribution is -2.14. The third-order valence-corrected chi connectivity index (χ3v) is 3.58. The molecule has 0 fully saturated rings. The second kappa shape index (κ2) is 10.0. The van der Waals surface area contributed by atoms with Gasteiger partial charge in [0.1, 0.15) is 12.4 Å². The largest absolute Gasteiger partial charge is 0.489 e. The highest BCUT2D eigenvalue weighted by atomic mass is 16.5. The lowest BCUT2D eigenvalue weighted by Gasteiger charge is -2.09. The highest BCUT2D eigenvalue weighted by Crippen LogP contribution is 2.15. The Morgan fingerprint density at radius 3 is 2.62 bits per heavy atom. The molecule has 4 heteroatoms. The zero-order valence-electron chi connectivity index (χ0n) is 13.7. The van der Waals surface area contributed by atoms with Crippen molar-refractivity contribution >= 4 is 0 Å². The molecular formula is C20H21N3O. The Kier molecular flexibility index (Phi) is 7.34. The molecular weight excluding hydrogens is 298 g/mol. The summed E-state index contributed by atoms with van der Waals surface area (Å²) >= 11 is 0. The van der Waals surface area contributed by atoms with Gasteiger partial charge in [0.2, 0.25) is 0 Å². The normalized spacial score (nSPS) is 9.92. The molecule has 0 spiro atoms. The van der Waals surface area contributed by atoms with Gasteiger partial charge in [0.05, 0.1) is 17.7 Å². The Morgan fingerprint density at radius 1 is 0.958 bits per heavy atom. The average molecular weight is 319 g/mol. The van der Waals surface area contributed by atoms with Crippen molar-refractivity contribution in [3.63, 3.8) is 0 Å².